The molecular weight excluding hydrogens is 1570 g/mol. The fraction of sp³-hybridized carbons (Fsp3) is 0.182. The normalized spacial score (nSPS) is 9.35. The number of allylic oxidation sites excluding steroid dienone is 2. The molecule has 9 rings (SSSR count). The number of aryl methyl sites for hydroxylation is 3. The molecule has 6 aromatic carbocycles. The minimum Gasteiger partial charge on any atom is -1.00 e. The molecule has 0 amide bonds. The van der Waals surface area contributed by atoms with E-state index in [4.69, 9.17) is 136 Å². The van der Waals surface area contributed by atoms with Gasteiger partial charge >= 0.3 is 146 Å². The van der Waals surface area contributed by atoms with Crippen LogP contribution >= 0.6 is 92.8 Å². The largest absolute Gasteiger partial charge is 1.00 e. The van der Waals surface area contributed by atoms with Crippen molar-refractivity contribution in [2.45, 2.75) is 39.7 Å². The minimum absolute atomic E-state index is 0. The van der Waals surface area contributed by atoms with Crippen LogP contribution < -0.4 is 132 Å². The van der Waals surface area contributed by atoms with E-state index in [0.29, 0.717) is 42.1 Å². The van der Waals surface area contributed by atoms with Crippen LogP contribution in [0.25, 0.3) is 32.9 Å². The first kappa shape index (κ1) is 103. The van der Waals surface area contributed by atoms with E-state index in [1.807, 2.05) is 57.2 Å². The maximum Gasteiger partial charge on any atom is 1.00 e. The number of aliphatic hydroxyl groups excluding tert-OH is 1. The Morgan fingerprint density at radius 2 is 0.881 bits per heavy atom. The van der Waals surface area contributed by atoms with Gasteiger partial charge in [-0.25, -0.2) is 32.3 Å². The predicted octanol–water partition coefficient (Wildman–Crippen LogP) is 7.78. The second-order valence-electron chi connectivity index (χ2n) is 18.4. The third-order valence-electron chi connectivity index (χ3n) is 11.2. The summed E-state index contributed by atoms with van der Waals surface area (Å²) in [7, 11) is 4.98. The Labute approximate surface area is 728 Å². The Kier molecular flexibility index (Phi) is 56.5. The molecule has 35 heteroatoms. The zero-order valence-corrected chi connectivity index (χ0v) is 67.4. The van der Waals surface area contributed by atoms with Crippen molar-refractivity contribution < 1.29 is 234 Å². The summed E-state index contributed by atoms with van der Waals surface area (Å²) in [5, 5.41) is 48.8. The quantitative estimate of drug-likeness (QED) is 0.0163. The minimum atomic E-state index is -0.731. The van der Waals surface area contributed by atoms with Gasteiger partial charge in [0.15, 0.2) is 17.4 Å². The van der Waals surface area contributed by atoms with Crippen molar-refractivity contribution in [1.82, 2.24) is 0 Å². The molecule has 20 nitrogen and oxygen atoms in total. The summed E-state index contributed by atoms with van der Waals surface area (Å²) >= 11 is 45.3. The Bertz CT molecular complexity index is 4110. The molecule has 0 atom stereocenters. The van der Waals surface area contributed by atoms with E-state index < -0.39 is 41.4 Å². The van der Waals surface area contributed by atoms with E-state index in [1.54, 1.807) is 18.2 Å². The second-order valence-corrected chi connectivity index (χ2v) is 21.5. The summed E-state index contributed by atoms with van der Waals surface area (Å²) in [5.74, 6) is -1.61. The van der Waals surface area contributed by atoms with E-state index >= 15 is 0 Å². The van der Waals surface area contributed by atoms with Gasteiger partial charge in [-0.1, -0.05) is 89.3 Å². The van der Waals surface area contributed by atoms with E-state index in [2.05, 4.69) is 43.6 Å². The van der Waals surface area contributed by atoms with E-state index in [9.17, 15) is 42.6 Å². The summed E-state index contributed by atoms with van der Waals surface area (Å²) in [4.78, 5) is 64.6. The molecule has 0 aliphatic carbocycles. The maximum atomic E-state index is 12.6. The van der Waals surface area contributed by atoms with Crippen LogP contribution in [0, 0.1) is 20.8 Å². The SMILES string of the molecule is C=C(F)CCl.C=C(F)COc1ccc(Cl)cc1C(=O)OC.C=C(F)Cc1cc(Cl)cc(C(=O)OC)c1O.COC(=O)c1cc(Cl)cc2cc(C)oc12.COC(=O)c1cc(Cl)ccc1O.Cc1cc2cc(Cl)cc(CCl)c2o1.Cc1cc2cc(Cl)cc(CO)c2o1.O=CO.O=CO[O-].[AlH3].[H-].[H-].[K+].[K+].[Li+]. The van der Waals surface area contributed by atoms with Crippen molar-refractivity contribution in [2.75, 3.05) is 40.9 Å². The van der Waals surface area contributed by atoms with E-state index in [-0.39, 0.29) is 225 Å². The first-order valence-electron chi connectivity index (χ1n) is 26.6. The van der Waals surface area contributed by atoms with Crippen molar-refractivity contribution in [3.05, 3.63) is 227 Å². The smallest absolute Gasteiger partial charge is 1.00 e. The van der Waals surface area contributed by atoms with Crippen molar-refractivity contribution in [2.24, 2.45) is 0 Å². The zero-order valence-electron chi connectivity index (χ0n) is 57.1. The number of carbonyl (C=O) groups excluding carboxylic acids is 5. The number of aliphatic hydroxyl groups is 1. The topological polar surface area (TPSA) is 301 Å². The van der Waals surface area contributed by atoms with Crippen molar-refractivity contribution >= 4 is 180 Å². The molecular formula is C66H65AlCl8F3K2LiO20. The molecule has 0 radical (unpaired) electrons. The number of carbonyl (C=O) groups is 6. The van der Waals surface area contributed by atoms with Gasteiger partial charge in [0, 0.05) is 69.4 Å². The van der Waals surface area contributed by atoms with Gasteiger partial charge < -0.3 is 70.4 Å². The number of phenols is 2. The Balaban J connectivity index is -0.000000263. The number of alkyl halides is 2. The predicted molar refractivity (Wildman–Crippen MR) is 375 cm³/mol. The number of phenolic OH excluding ortho intramolecular Hbond substituents is 2. The van der Waals surface area contributed by atoms with Gasteiger partial charge in [0.2, 0.25) is 0 Å². The van der Waals surface area contributed by atoms with Gasteiger partial charge in [-0.15, -0.1) is 23.2 Å². The monoisotopic (exact) mass is 1630 g/mol. The molecule has 3 aromatic heterocycles. The molecule has 0 aliphatic heterocycles. The number of carboxylic acid groups (broad SMARTS) is 1. The molecule has 0 aliphatic rings. The van der Waals surface area contributed by atoms with Crippen LogP contribution in [-0.2, 0) is 52.3 Å². The number of hydrogen-bond acceptors (Lipinski definition) is 19. The number of esters is 4. The molecule has 101 heavy (non-hydrogen) atoms. The first-order valence-corrected chi connectivity index (χ1v) is 30.0. The second kappa shape index (κ2) is 55.3. The zero-order chi connectivity index (χ0) is 73.8. The van der Waals surface area contributed by atoms with Crippen molar-refractivity contribution in [1.29, 1.82) is 0 Å². The number of hydrogen-bond donors (Lipinski definition) is 4. The third kappa shape index (κ3) is 37.6. The number of methoxy groups -OCH3 is 4. The van der Waals surface area contributed by atoms with Gasteiger partial charge in [-0.2, -0.15) is 0 Å². The third-order valence-corrected chi connectivity index (χ3v) is 13.1. The Morgan fingerprint density at radius 1 is 0.535 bits per heavy atom. The van der Waals surface area contributed by atoms with Crippen LogP contribution in [-0.4, -0.2) is 116 Å². The number of halogens is 11. The van der Waals surface area contributed by atoms with Crippen LogP contribution in [0.2, 0.25) is 30.1 Å². The fourth-order valence-corrected chi connectivity index (χ4v) is 8.96. The van der Waals surface area contributed by atoms with Crippen LogP contribution in [0.4, 0.5) is 13.2 Å². The Hall–Kier alpha value is -4.19. The van der Waals surface area contributed by atoms with E-state index in [1.165, 1.54) is 77.0 Å². The number of rotatable bonds is 13. The molecule has 0 unspecified atom stereocenters. The number of furan rings is 3. The number of ether oxygens (including phenoxy) is 5. The maximum absolute atomic E-state index is 12.6. The molecule has 0 fully saturated rings. The summed E-state index contributed by atoms with van der Waals surface area (Å²) < 4.78 is 75.6. The fourth-order valence-electron chi connectivity index (χ4n) is 7.45. The summed E-state index contributed by atoms with van der Waals surface area (Å²) in [6.07, 6.45) is -0.198. The van der Waals surface area contributed by atoms with Gasteiger partial charge in [-0.3, -0.25) is 9.59 Å². The van der Waals surface area contributed by atoms with Gasteiger partial charge in [0.05, 0.1) is 52.6 Å². The number of benzene rings is 6. The molecule has 532 valence electrons. The molecule has 0 saturated carbocycles. The molecule has 0 bridgehead atoms. The summed E-state index contributed by atoms with van der Waals surface area (Å²) in [5.41, 5.74) is 4.44. The van der Waals surface area contributed by atoms with Crippen LogP contribution in [0.1, 0.15) is 78.3 Å². The summed E-state index contributed by atoms with van der Waals surface area (Å²) in [6, 6.07) is 27.4. The van der Waals surface area contributed by atoms with Crippen LogP contribution in [0.3, 0.4) is 0 Å². The van der Waals surface area contributed by atoms with Gasteiger partial charge in [-0.05, 0) is 124 Å². The van der Waals surface area contributed by atoms with Gasteiger partial charge in [0.25, 0.3) is 12.9 Å². The van der Waals surface area contributed by atoms with Crippen molar-refractivity contribution in [3.63, 3.8) is 0 Å². The molecule has 9 aromatic rings. The average molecular weight is 1630 g/mol. The summed E-state index contributed by atoms with van der Waals surface area (Å²) in [6.45, 7) is 13.8. The van der Waals surface area contributed by atoms with Crippen LogP contribution in [0.5, 0.6) is 17.2 Å². The van der Waals surface area contributed by atoms with E-state index in [0.717, 1.165) is 55.7 Å². The molecule has 0 saturated heterocycles. The standard InChI is InChI=1S/2C11H10ClFO3.C11H9ClO3.C10H8Cl2O.C10H9ClO2.C8H7ClO3.C3H4ClF.CH2O3.CH2O2.Al.2K.Li.5H/c1-6(13)3-7-4-8(12)5-9(10(7)14)11(15)16-2;1-7(13)6-16-10-4-3-8(12)5-9(10)11(14)15-2;1-6-3-7-4-8(12)5-9(10(7)15-6)11(13)14-2;1-6-2-7-3-9(12)4-8(5-11)10(7)13-6;1-6-2-7-3-9(11)4-8(5-12)10(7)13-6;1-12-8(11)6-4-5(9)2-3-7(6)10;1-3(5)2-4;2-1-4-3;2-1-3;;;;;;;;;/h4-5,14H,1,3H2,2H3;3-5H,1,6H2,2H3;3-5H,1-2H3;2-4H,5H2,1H3;2-4,12H,5H2,1H3;2-4,10H,1H3;1-2H2;1,3H;1H,(H,2,3);;;;;;;;;/q;;;;;;;;;;3*+1;;;;2*-1/p-1. The van der Waals surface area contributed by atoms with Crippen LogP contribution in [0.15, 0.2) is 154 Å². The number of aromatic hydroxyl groups is 2. The number of fused-ring (bicyclic) bond motifs is 3. The average Bonchev–Trinajstić information content (AvgIpc) is 1.71. The Morgan fingerprint density at radius 3 is 1.30 bits per heavy atom. The van der Waals surface area contributed by atoms with Gasteiger partial charge in [0.1, 0.15) is 91.8 Å². The first-order chi connectivity index (χ1) is 45.8. The van der Waals surface area contributed by atoms with Crippen molar-refractivity contribution in [3.8, 4) is 17.2 Å². The molecule has 0 spiro atoms. The molecule has 4 N–H and O–H groups in total. The molecule has 3 heterocycles.